The first-order valence-corrected chi connectivity index (χ1v) is 8.13. The Morgan fingerprint density at radius 1 is 1.41 bits per heavy atom. The van der Waals surface area contributed by atoms with Gasteiger partial charge in [0.15, 0.2) is 0 Å². The highest BCUT2D eigenvalue weighted by molar-refractivity contribution is 9.10. The predicted octanol–water partition coefficient (Wildman–Crippen LogP) is 3.49. The van der Waals surface area contributed by atoms with Gasteiger partial charge in [0.2, 0.25) is 0 Å². The smallest absolute Gasteiger partial charge is 0.107 e. The summed E-state index contributed by atoms with van der Waals surface area (Å²) in [6.07, 6.45) is 4.00. The number of nitrogens with zero attached hydrogens (tertiary/aromatic N) is 1. The van der Waals surface area contributed by atoms with E-state index < -0.39 is 0 Å². The minimum Gasteiger partial charge on any atom is -0.315 e. The normalized spacial score (nSPS) is 29.5. The van der Waals surface area contributed by atoms with Crippen LogP contribution in [0.4, 0.5) is 0 Å². The molecule has 0 aliphatic carbocycles. The van der Waals surface area contributed by atoms with E-state index in [0.717, 1.165) is 34.0 Å². The first kappa shape index (κ1) is 12.4. The van der Waals surface area contributed by atoms with Crippen LogP contribution in [0.1, 0.15) is 24.1 Å². The van der Waals surface area contributed by atoms with Gasteiger partial charge in [0.05, 0.1) is 0 Å². The van der Waals surface area contributed by atoms with Crippen molar-refractivity contribution in [3.05, 3.63) is 19.8 Å². The zero-order valence-electron chi connectivity index (χ0n) is 9.59. The van der Waals surface area contributed by atoms with E-state index in [2.05, 4.69) is 32.2 Å². The number of rotatable bonds is 2. The lowest BCUT2D eigenvalue weighted by atomic mass is 10.1. The van der Waals surface area contributed by atoms with E-state index in [9.17, 15) is 0 Å². The molecule has 2 nitrogen and oxygen atoms in total. The second kappa shape index (κ2) is 5.17. The number of nitrogens with one attached hydrogen (secondary N) is 1. The van der Waals surface area contributed by atoms with Gasteiger partial charge >= 0.3 is 0 Å². The molecular formula is C12H16BrClN2S. The van der Waals surface area contributed by atoms with Gasteiger partial charge < -0.3 is 5.32 Å². The van der Waals surface area contributed by atoms with Crippen molar-refractivity contribution in [2.75, 3.05) is 13.1 Å². The average Bonchev–Trinajstić information content (AvgIpc) is 2.69. The summed E-state index contributed by atoms with van der Waals surface area (Å²) in [6, 6.07) is 3.67. The molecule has 1 aromatic heterocycles. The third kappa shape index (κ3) is 2.56. The van der Waals surface area contributed by atoms with Crippen LogP contribution in [0, 0.1) is 0 Å². The molecule has 2 aliphatic rings. The molecule has 0 spiro atoms. The molecule has 3 rings (SSSR count). The summed E-state index contributed by atoms with van der Waals surface area (Å²) >= 11 is 11.3. The fourth-order valence-electron chi connectivity index (χ4n) is 2.99. The first-order valence-electron chi connectivity index (χ1n) is 6.14. The largest absolute Gasteiger partial charge is 0.315 e. The molecule has 2 saturated heterocycles. The van der Waals surface area contributed by atoms with Gasteiger partial charge in [0.25, 0.3) is 0 Å². The van der Waals surface area contributed by atoms with Crippen LogP contribution in [0.3, 0.4) is 0 Å². The molecule has 2 fully saturated rings. The number of fused-ring (bicyclic) bond motifs is 2. The minimum atomic E-state index is 0.724. The van der Waals surface area contributed by atoms with Gasteiger partial charge in [-0.15, -0.1) is 11.3 Å². The Labute approximate surface area is 119 Å². The Morgan fingerprint density at radius 3 is 3.00 bits per heavy atom. The standard InChI is InChI=1S/C12H16BrClN2S/c13-11-5-10(17-12(11)14)7-16-8-1-2-9(16)6-15-4-3-8/h5,8-9,15H,1-4,6-7H2. The summed E-state index contributed by atoms with van der Waals surface area (Å²) in [7, 11) is 0. The average molecular weight is 336 g/mol. The Bertz CT molecular complexity index is 376. The van der Waals surface area contributed by atoms with Crippen LogP contribution in [-0.2, 0) is 6.54 Å². The van der Waals surface area contributed by atoms with Crippen molar-refractivity contribution in [3.8, 4) is 0 Å². The maximum atomic E-state index is 6.11. The molecule has 0 radical (unpaired) electrons. The van der Waals surface area contributed by atoms with Crippen LogP contribution in [-0.4, -0.2) is 30.1 Å². The van der Waals surface area contributed by atoms with Crippen molar-refractivity contribution >= 4 is 38.9 Å². The molecule has 2 aliphatic heterocycles. The van der Waals surface area contributed by atoms with E-state index in [1.165, 1.54) is 30.7 Å². The van der Waals surface area contributed by atoms with Crippen molar-refractivity contribution in [1.29, 1.82) is 0 Å². The summed E-state index contributed by atoms with van der Waals surface area (Å²) in [5, 5.41) is 3.54. The van der Waals surface area contributed by atoms with E-state index in [4.69, 9.17) is 11.6 Å². The molecule has 0 saturated carbocycles. The van der Waals surface area contributed by atoms with Crippen LogP contribution in [0.5, 0.6) is 0 Å². The Kier molecular flexibility index (Phi) is 3.78. The van der Waals surface area contributed by atoms with Crippen molar-refractivity contribution in [2.45, 2.75) is 37.9 Å². The Balaban J connectivity index is 1.75. The van der Waals surface area contributed by atoms with Crippen LogP contribution >= 0.6 is 38.9 Å². The van der Waals surface area contributed by atoms with Crippen LogP contribution in [0.2, 0.25) is 4.34 Å². The zero-order valence-corrected chi connectivity index (χ0v) is 12.7. The van der Waals surface area contributed by atoms with E-state index in [1.807, 2.05) is 0 Å². The second-order valence-electron chi connectivity index (χ2n) is 4.88. The third-order valence-corrected chi connectivity index (χ3v) is 6.30. The summed E-state index contributed by atoms with van der Waals surface area (Å²) in [4.78, 5) is 4.05. The van der Waals surface area contributed by atoms with Crippen molar-refractivity contribution in [2.24, 2.45) is 0 Å². The molecule has 2 unspecified atom stereocenters. The van der Waals surface area contributed by atoms with Crippen molar-refractivity contribution in [3.63, 3.8) is 0 Å². The van der Waals surface area contributed by atoms with Crippen molar-refractivity contribution < 1.29 is 0 Å². The Morgan fingerprint density at radius 2 is 2.24 bits per heavy atom. The monoisotopic (exact) mass is 334 g/mol. The highest BCUT2D eigenvalue weighted by atomic mass is 79.9. The van der Waals surface area contributed by atoms with Gasteiger partial charge in [-0.3, -0.25) is 4.90 Å². The number of hydrogen-bond acceptors (Lipinski definition) is 3. The highest BCUT2D eigenvalue weighted by Gasteiger charge is 2.34. The summed E-state index contributed by atoms with van der Waals surface area (Å²) in [6.45, 7) is 3.39. The first-order chi connectivity index (χ1) is 8.24. The molecular weight excluding hydrogens is 320 g/mol. The molecule has 2 bridgehead atoms. The van der Waals surface area contributed by atoms with E-state index in [1.54, 1.807) is 11.3 Å². The summed E-state index contributed by atoms with van der Waals surface area (Å²) in [5.41, 5.74) is 0. The molecule has 1 aromatic rings. The van der Waals surface area contributed by atoms with Crippen molar-refractivity contribution in [1.82, 2.24) is 10.2 Å². The molecule has 3 heterocycles. The van der Waals surface area contributed by atoms with Crippen LogP contribution in [0.25, 0.3) is 0 Å². The lowest BCUT2D eigenvalue weighted by Crippen LogP contribution is -2.37. The summed E-state index contributed by atoms with van der Waals surface area (Å²) in [5.74, 6) is 0. The second-order valence-corrected chi connectivity index (χ2v) is 7.48. The van der Waals surface area contributed by atoms with Gasteiger partial charge in [-0.2, -0.15) is 0 Å². The molecule has 0 aromatic carbocycles. The predicted molar refractivity (Wildman–Crippen MR) is 76.9 cm³/mol. The topological polar surface area (TPSA) is 15.3 Å². The minimum absolute atomic E-state index is 0.724. The van der Waals surface area contributed by atoms with Gasteiger partial charge in [0, 0.05) is 34.5 Å². The number of thiophene rings is 1. The van der Waals surface area contributed by atoms with E-state index in [-0.39, 0.29) is 0 Å². The Hall–Kier alpha value is 0.390. The molecule has 0 amide bonds. The number of hydrogen-bond donors (Lipinski definition) is 1. The molecule has 1 N–H and O–H groups in total. The SMILES string of the molecule is Clc1sc(CN2C3CCNCC2CC3)cc1Br. The molecule has 5 heteroatoms. The quantitative estimate of drug-likeness (QED) is 0.890. The van der Waals surface area contributed by atoms with Gasteiger partial charge in [0.1, 0.15) is 4.34 Å². The number of halogens is 2. The molecule has 2 atom stereocenters. The van der Waals surface area contributed by atoms with Gasteiger partial charge in [-0.1, -0.05) is 11.6 Å². The van der Waals surface area contributed by atoms with Crippen LogP contribution < -0.4 is 5.32 Å². The maximum absolute atomic E-state index is 6.11. The maximum Gasteiger partial charge on any atom is 0.107 e. The zero-order chi connectivity index (χ0) is 11.8. The fraction of sp³-hybridized carbons (Fsp3) is 0.667. The molecule has 94 valence electrons. The van der Waals surface area contributed by atoms with Gasteiger partial charge in [-0.25, -0.2) is 0 Å². The van der Waals surface area contributed by atoms with E-state index in [0.29, 0.717) is 0 Å². The van der Waals surface area contributed by atoms with Gasteiger partial charge in [-0.05, 0) is 47.8 Å². The third-order valence-electron chi connectivity index (χ3n) is 3.84. The summed E-state index contributed by atoms with van der Waals surface area (Å²) < 4.78 is 1.92. The fourth-order valence-corrected chi connectivity index (χ4v) is 4.79. The van der Waals surface area contributed by atoms with E-state index >= 15 is 0 Å². The lowest BCUT2D eigenvalue weighted by molar-refractivity contribution is 0.195. The lowest BCUT2D eigenvalue weighted by Gasteiger charge is -2.26. The van der Waals surface area contributed by atoms with Crippen LogP contribution in [0.15, 0.2) is 10.5 Å². The highest BCUT2D eigenvalue weighted by Crippen LogP contribution is 2.35. The molecule has 17 heavy (non-hydrogen) atoms.